The van der Waals surface area contributed by atoms with Crippen molar-refractivity contribution >= 4 is 35.1 Å². The van der Waals surface area contributed by atoms with E-state index in [1.54, 1.807) is 0 Å². The number of benzene rings is 2. The van der Waals surface area contributed by atoms with Crippen molar-refractivity contribution in [3.05, 3.63) is 81.6 Å². The highest BCUT2D eigenvalue weighted by Crippen LogP contribution is 2.22. The lowest BCUT2D eigenvalue weighted by Crippen LogP contribution is -1.99. The topological polar surface area (TPSA) is 17.3 Å². The number of hydrogen-bond acceptors (Lipinski definition) is 1. The summed E-state index contributed by atoms with van der Waals surface area (Å²) in [7, 11) is 0. The van der Waals surface area contributed by atoms with Crippen LogP contribution in [0.2, 0.25) is 10.0 Å². The maximum absolute atomic E-state index is 5.97. The minimum Gasteiger partial charge on any atom is -0.318 e. The fraction of sp³-hybridized carbons (Fsp3) is 0.105. The maximum atomic E-state index is 5.97. The minimum atomic E-state index is 0.713. The van der Waals surface area contributed by atoms with E-state index in [1.807, 2.05) is 54.7 Å². The Morgan fingerprint density at radius 1 is 0.870 bits per heavy atom. The molecule has 0 fully saturated rings. The van der Waals surface area contributed by atoms with E-state index in [0.29, 0.717) is 5.02 Å². The molecule has 2 nitrogen and oxygen atoms in total. The molecule has 116 valence electrons. The van der Waals surface area contributed by atoms with E-state index in [9.17, 15) is 0 Å². The maximum Gasteiger partial charge on any atom is 0.0630 e. The first kappa shape index (κ1) is 15.9. The summed E-state index contributed by atoms with van der Waals surface area (Å²) in [4.78, 5) is 4.52. The van der Waals surface area contributed by atoms with Gasteiger partial charge in [-0.25, -0.2) is 0 Å². The second-order valence-electron chi connectivity index (χ2n) is 5.37. The molecule has 0 aliphatic carbocycles. The van der Waals surface area contributed by atoms with Gasteiger partial charge in [-0.1, -0.05) is 23.2 Å². The smallest absolute Gasteiger partial charge is 0.0630 e. The van der Waals surface area contributed by atoms with Crippen molar-refractivity contribution < 1.29 is 0 Å². The summed E-state index contributed by atoms with van der Waals surface area (Å²) in [5, 5.41) is 1.45. The molecule has 1 aromatic heterocycles. The van der Waals surface area contributed by atoms with Crippen molar-refractivity contribution in [3.8, 4) is 5.69 Å². The van der Waals surface area contributed by atoms with E-state index in [-0.39, 0.29) is 0 Å². The highest BCUT2D eigenvalue weighted by molar-refractivity contribution is 6.30. The molecule has 0 saturated heterocycles. The molecule has 2 aromatic carbocycles. The van der Waals surface area contributed by atoms with Crippen molar-refractivity contribution in [1.82, 2.24) is 4.57 Å². The molecule has 23 heavy (non-hydrogen) atoms. The number of rotatable bonds is 3. The normalized spacial score (nSPS) is 11.3. The van der Waals surface area contributed by atoms with Crippen LogP contribution in [0.1, 0.15) is 17.0 Å². The van der Waals surface area contributed by atoms with Crippen molar-refractivity contribution in [1.29, 1.82) is 0 Å². The van der Waals surface area contributed by atoms with Gasteiger partial charge in [0.1, 0.15) is 0 Å². The van der Waals surface area contributed by atoms with Crippen LogP contribution < -0.4 is 0 Å². The van der Waals surface area contributed by atoms with Crippen LogP contribution in [-0.4, -0.2) is 10.8 Å². The number of hydrogen-bond donors (Lipinski definition) is 0. The molecule has 0 N–H and O–H groups in total. The third-order valence-electron chi connectivity index (χ3n) is 3.73. The third-order valence-corrected chi connectivity index (χ3v) is 4.24. The predicted molar refractivity (Wildman–Crippen MR) is 99.0 cm³/mol. The van der Waals surface area contributed by atoms with Gasteiger partial charge in [-0.2, -0.15) is 0 Å². The molecule has 3 aromatic rings. The molecular formula is C19H16Cl2N2. The molecular weight excluding hydrogens is 327 g/mol. The lowest BCUT2D eigenvalue weighted by molar-refractivity contribution is 0.965. The number of aliphatic imine (C=N–C) groups is 1. The zero-order chi connectivity index (χ0) is 16.4. The van der Waals surface area contributed by atoms with Gasteiger partial charge in [-0.15, -0.1) is 0 Å². The first-order valence-electron chi connectivity index (χ1n) is 7.29. The van der Waals surface area contributed by atoms with E-state index < -0.39 is 0 Å². The number of aryl methyl sites for hydroxylation is 1. The summed E-state index contributed by atoms with van der Waals surface area (Å²) in [5.74, 6) is 0. The van der Waals surface area contributed by atoms with Crippen LogP contribution in [0.25, 0.3) is 5.69 Å². The molecule has 3 rings (SSSR count). The average Bonchev–Trinajstić information content (AvgIpc) is 2.82. The Balaban J connectivity index is 1.94. The Morgan fingerprint density at radius 3 is 2.04 bits per heavy atom. The van der Waals surface area contributed by atoms with Crippen molar-refractivity contribution in [3.63, 3.8) is 0 Å². The fourth-order valence-corrected chi connectivity index (χ4v) is 2.83. The summed E-state index contributed by atoms with van der Waals surface area (Å²) >= 11 is 11.9. The van der Waals surface area contributed by atoms with Crippen LogP contribution in [0.5, 0.6) is 0 Å². The molecule has 0 atom stereocenters. The van der Waals surface area contributed by atoms with Crippen LogP contribution >= 0.6 is 23.2 Å². The van der Waals surface area contributed by atoms with Crippen molar-refractivity contribution in [2.75, 3.05) is 0 Å². The summed E-state index contributed by atoms with van der Waals surface area (Å²) in [6.07, 6.45) is 1.89. The fourth-order valence-electron chi connectivity index (χ4n) is 2.58. The highest BCUT2D eigenvalue weighted by Gasteiger charge is 2.09. The predicted octanol–water partition coefficient (Wildman–Crippen LogP) is 6.15. The van der Waals surface area contributed by atoms with Crippen LogP contribution in [0.3, 0.4) is 0 Å². The standard InChI is InChI=1S/C19H16Cl2N2/c1-13-11-15(12-22-18-7-3-16(20)4-8-18)14(2)23(13)19-9-5-17(21)6-10-19/h3-12H,1-2H3. The number of aromatic nitrogens is 1. The Labute approximate surface area is 146 Å². The average molecular weight is 343 g/mol. The molecule has 0 aliphatic heterocycles. The summed E-state index contributed by atoms with van der Waals surface area (Å²) in [6, 6.07) is 17.4. The largest absolute Gasteiger partial charge is 0.318 e. The van der Waals surface area contributed by atoms with Crippen molar-refractivity contribution in [2.24, 2.45) is 4.99 Å². The third kappa shape index (κ3) is 3.49. The number of nitrogens with zero attached hydrogens (tertiary/aromatic N) is 2. The van der Waals surface area contributed by atoms with E-state index in [1.165, 1.54) is 0 Å². The van der Waals surface area contributed by atoms with E-state index >= 15 is 0 Å². The van der Waals surface area contributed by atoms with Gasteiger partial charge in [-0.3, -0.25) is 4.99 Å². The first-order chi connectivity index (χ1) is 11.0. The summed E-state index contributed by atoms with van der Waals surface area (Å²) in [6.45, 7) is 4.17. The lowest BCUT2D eigenvalue weighted by atomic mass is 10.2. The van der Waals surface area contributed by atoms with Crippen molar-refractivity contribution in [2.45, 2.75) is 13.8 Å². The Hall–Kier alpha value is -2.03. The van der Waals surface area contributed by atoms with Gasteiger partial charge in [0.25, 0.3) is 0 Å². The van der Waals surface area contributed by atoms with Crippen LogP contribution in [0.15, 0.2) is 59.6 Å². The minimum absolute atomic E-state index is 0.713. The molecule has 0 amide bonds. The zero-order valence-electron chi connectivity index (χ0n) is 12.9. The molecule has 0 aliphatic rings. The van der Waals surface area contributed by atoms with Gasteiger partial charge in [0.05, 0.1) is 5.69 Å². The molecule has 1 heterocycles. The molecule has 0 spiro atoms. The van der Waals surface area contributed by atoms with E-state index in [2.05, 4.69) is 29.5 Å². The second-order valence-corrected chi connectivity index (χ2v) is 6.25. The van der Waals surface area contributed by atoms with Crippen LogP contribution in [0, 0.1) is 13.8 Å². The SMILES string of the molecule is Cc1cc(C=Nc2ccc(Cl)cc2)c(C)n1-c1ccc(Cl)cc1. The van der Waals surface area contributed by atoms with Gasteiger partial charge in [0, 0.05) is 38.9 Å². The Morgan fingerprint density at radius 2 is 1.43 bits per heavy atom. The Bertz CT molecular complexity index is 844. The molecule has 0 saturated carbocycles. The monoisotopic (exact) mass is 342 g/mol. The van der Waals surface area contributed by atoms with Gasteiger partial charge in [0.2, 0.25) is 0 Å². The Kier molecular flexibility index (Phi) is 4.56. The van der Waals surface area contributed by atoms with Gasteiger partial charge >= 0.3 is 0 Å². The van der Waals surface area contributed by atoms with Gasteiger partial charge < -0.3 is 4.57 Å². The summed E-state index contributed by atoms with van der Waals surface area (Å²) < 4.78 is 2.19. The first-order valence-corrected chi connectivity index (χ1v) is 8.05. The van der Waals surface area contributed by atoms with E-state index in [4.69, 9.17) is 23.2 Å². The van der Waals surface area contributed by atoms with Crippen LogP contribution in [0.4, 0.5) is 5.69 Å². The van der Waals surface area contributed by atoms with Crippen LogP contribution in [-0.2, 0) is 0 Å². The quantitative estimate of drug-likeness (QED) is 0.507. The molecule has 0 unspecified atom stereocenters. The zero-order valence-corrected chi connectivity index (χ0v) is 14.4. The highest BCUT2D eigenvalue weighted by atomic mass is 35.5. The van der Waals surface area contributed by atoms with E-state index in [0.717, 1.165) is 33.3 Å². The second kappa shape index (κ2) is 6.61. The molecule has 4 heteroatoms. The summed E-state index contributed by atoms with van der Waals surface area (Å²) in [5.41, 5.74) is 5.36. The van der Waals surface area contributed by atoms with Gasteiger partial charge in [0.15, 0.2) is 0 Å². The van der Waals surface area contributed by atoms with Gasteiger partial charge in [-0.05, 0) is 68.4 Å². The lowest BCUT2D eigenvalue weighted by Gasteiger charge is -2.09. The molecule has 0 radical (unpaired) electrons. The molecule has 0 bridgehead atoms. The number of halogens is 2.